The van der Waals surface area contributed by atoms with Crippen molar-refractivity contribution >= 4 is 47.8 Å². The van der Waals surface area contributed by atoms with Gasteiger partial charge in [0, 0.05) is 55.4 Å². The van der Waals surface area contributed by atoms with Gasteiger partial charge >= 0.3 is 47.8 Å². The van der Waals surface area contributed by atoms with E-state index in [-0.39, 0.29) is 13.2 Å². The second-order valence-corrected chi connectivity index (χ2v) is 16.6. The van der Waals surface area contributed by atoms with Crippen LogP contribution in [0.1, 0.15) is 66.5 Å². The summed E-state index contributed by atoms with van der Waals surface area (Å²) in [4.78, 5) is 99.6. The summed E-state index contributed by atoms with van der Waals surface area (Å²) in [5, 5.41) is 0. The zero-order chi connectivity index (χ0) is 52.6. The molecule has 3 fully saturated rings. The van der Waals surface area contributed by atoms with Crippen LogP contribution in [-0.4, -0.2) is 160 Å². The number of carbonyl (C=O) groups is 8. The average Bonchev–Trinajstić information content (AvgIpc) is 3.29. The topological polar surface area (TPSA) is 275 Å². The van der Waals surface area contributed by atoms with Gasteiger partial charge in [-0.05, 0) is 11.1 Å². The normalized spacial score (nSPS) is 30.1. The summed E-state index contributed by atoms with van der Waals surface area (Å²) < 4.78 is 105. The molecule has 0 bridgehead atoms. The maximum atomic E-state index is 17.1. The molecule has 24 heteroatoms. The highest BCUT2D eigenvalue weighted by atomic mass is 19.1. The van der Waals surface area contributed by atoms with Gasteiger partial charge in [-0.1, -0.05) is 60.7 Å². The first-order valence-corrected chi connectivity index (χ1v) is 22.7. The second kappa shape index (κ2) is 27.1. The Balaban J connectivity index is 1.62. The average molecular weight is 1020 g/mol. The molecule has 23 nitrogen and oxygen atoms in total. The Kier molecular flexibility index (Phi) is 21.3. The standard InChI is InChI=1S/C48H59FO23/c1-24(50)58-21-35-38(63-26(3)52)41(65-28(5)54)44(67-30(7)56)47(70-35)62-23-34-37(60-19-32-15-11-9-12-16-32)40(43(46(49)69-34)61-20-33-17-13-10-14-18-33)72-48-45(68-31(8)57)42(66-29(6)55)39(64-27(4)53)36(71-48)22-59-25(2)51/h9-18,34-48H,19-23H2,1-8H3/t34-,35-,36-,37-,38-,39-,40+,41+,42+,43+,44+,45+,46+,47+,48-/m1/s1. The van der Waals surface area contributed by atoms with Crippen LogP contribution in [0.4, 0.5) is 4.39 Å². The summed E-state index contributed by atoms with van der Waals surface area (Å²) in [6, 6.07) is 17.3. The molecule has 396 valence electrons. The van der Waals surface area contributed by atoms with Crippen molar-refractivity contribution < 1.29 is 114 Å². The van der Waals surface area contributed by atoms with Crippen molar-refractivity contribution in [1.29, 1.82) is 0 Å². The first-order chi connectivity index (χ1) is 34.2. The van der Waals surface area contributed by atoms with Crippen LogP contribution in [0.15, 0.2) is 60.7 Å². The largest absolute Gasteiger partial charge is 0.463 e. The number of carbonyl (C=O) groups excluding carboxylic acids is 8. The number of hydrogen-bond acceptors (Lipinski definition) is 23. The van der Waals surface area contributed by atoms with Crippen molar-refractivity contribution in [2.24, 2.45) is 0 Å². The molecular weight excluding hydrogens is 964 g/mol. The summed E-state index contributed by atoms with van der Waals surface area (Å²) in [5.41, 5.74) is 1.19. The van der Waals surface area contributed by atoms with Crippen LogP contribution in [0, 0.1) is 0 Å². The molecule has 5 rings (SSSR count). The van der Waals surface area contributed by atoms with E-state index in [9.17, 15) is 38.4 Å². The lowest BCUT2D eigenvalue weighted by molar-refractivity contribution is -0.364. The van der Waals surface area contributed by atoms with Gasteiger partial charge in [0.15, 0.2) is 49.2 Å². The maximum Gasteiger partial charge on any atom is 0.303 e. The van der Waals surface area contributed by atoms with Crippen molar-refractivity contribution in [3.05, 3.63) is 71.8 Å². The van der Waals surface area contributed by atoms with Crippen molar-refractivity contribution in [3.63, 3.8) is 0 Å². The van der Waals surface area contributed by atoms with Gasteiger partial charge < -0.3 is 71.1 Å². The van der Waals surface area contributed by atoms with E-state index in [2.05, 4.69) is 0 Å². The molecule has 0 saturated carbocycles. The van der Waals surface area contributed by atoms with Crippen molar-refractivity contribution in [1.82, 2.24) is 0 Å². The predicted octanol–water partition coefficient (Wildman–Crippen LogP) is 2.42. The zero-order valence-electron chi connectivity index (χ0n) is 40.7. The first-order valence-electron chi connectivity index (χ1n) is 22.7. The quantitative estimate of drug-likeness (QED) is 0.128. The molecular formula is C48H59FO23. The van der Waals surface area contributed by atoms with Gasteiger partial charge in [-0.15, -0.1) is 0 Å². The van der Waals surface area contributed by atoms with Gasteiger partial charge in [-0.25, -0.2) is 4.39 Å². The Morgan fingerprint density at radius 3 is 1.17 bits per heavy atom. The van der Waals surface area contributed by atoms with E-state index in [0.29, 0.717) is 11.1 Å². The Labute approximate surface area is 413 Å². The molecule has 0 spiro atoms. The first kappa shape index (κ1) is 56.8. The van der Waals surface area contributed by atoms with Gasteiger partial charge in [-0.3, -0.25) is 38.4 Å². The van der Waals surface area contributed by atoms with Gasteiger partial charge in [-0.2, -0.15) is 0 Å². The fourth-order valence-electron chi connectivity index (χ4n) is 8.03. The van der Waals surface area contributed by atoms with Crippen molar-refractivity contribution in [2.75, 3.05) is 19.8 Å². The molecule has 72 heavy (non-hydrogen) atoms. The van der Waals surface area contributed by atoms with Gasteiger partial charge in [0.05, 0.1) is 19.8 Å². The number of hydrogen-bond donors (Lipinski definition) is 0. The third-order valence-corrected chi connectivity index (χ3v) is 10.8. The Hall–Kier alpha value is -6.15. The number of benzene rings is 2. The van der Waals surface area contributed by atoms with Crippen LogP contribution in [0.2, 0.25) is 0 Å². The van der Waals surface area contributed by atoms with Gasteiger partial charge in [0.25, 0.3) is 0 Å². The van der Waals surface area contributed by atoms with E-state index in [4.69, 9.17) is 71.1 Å². The monoisotopic (exact) mass is 1020 g/mol. The van der Waals surface area contributed by atoms with Crippen molar-refractivity contribution in [2.45, 2.75) is 161 Å². The fraction of sp³-hybridized carbons (Fsp3) is 0.583. The molecule has 2 aromatic carbocycles. The maximum absolute atomic E-state index is 17.1. The van der Waals surface area contributed by atoms with Crippen LogP contribution in [0.25, 0.3) is 0 Å². The molecule has 3 saturated heterocycles. The van der Waals surface area contributed by atoms with Crippen LogP contribution in [0.3, 0.4) is 0 Å². The third-order valence-electron chi connectivity index (χ3n) is 10.8. The smallest absolute Gasteiger partial charge is 0.303 e. The van der Waals surface area contributed by atoms with E-state index in [1.165, 1.54) is 0 Å². The fourth-order valence-corrected chi connectivity index (χ4v) is 8.03. The lowest BCUT2D eigenvalue weighted by atomic mass is 9.96. The number of esters is 8. The lowest BCUT2D eigenvalue weighted by Crippen LogP contribution is -2.67. The molecule has 15 atom stereocenters. The molecule has 2 aromatic rings. The van der Waals surface area contributed by atoms with Crippen molar-refractivity contribution in [3.8, 4) is 0 Å². The predicted molar refractivity (Wildman–Crippen MR) is 235 cm³/mol. The van der Waals surface area contributed by atoms with Crippen LogP contribution in [0.5, 0.6) is 0 Å². The molecule has 0 amide bonds. The molecule has 0 N–H and O–H groups in total. The summed E-state index contributed by atoms with van der Waals surface area (Å²) in [6.07, 6.45) is -25.3. The van der Waals surface area contributed by atoms with Crippen LogP contribution in [-0.2, 0) is 123 Å². The minimum Gasteiger partial charge on any atom is -0.463 e. The van der Waals surface area contributed by atoms with E-state index in [0.717, 1.165) is 55.4 Å². The Bertz CT molecular complexity index is 2160. The highest BCUT2D eigenvalue weighted by molar-refractivity contribution is 5.70. The Morgan fingerprint density at radius 2 is 0.750 bits per heavy atom. The second-order valence-electron chi connectivity index (χ2n) is 16.6. The molecule has 3 heterocycles. The minimum absolute atomic E-state index is 0.203. The number of halogens is 1. The summed E-state index contributed by atoms with van der Waals surface area (Å²) >= 11 is 0. The highest BCUT2D eigenvalue weighted by Gasteiger charge is 2.58. The van der Waals surface area contributed by atoms with Crippen LogP contribution < -0.4 is 0 Å². The summed E-state index contributed by atoms with van der Waals surface area (Å²) in [5.74, 6) is -7.01. The molecule has 0 unspecified atom stereocenters. The molecule has 3 aliphatic heterocycles. The summed E-state index contributed by atoms with van der Waals surface area (Å²) in [7, 11) is 0. The van der Waals surface area contributed by atoms with Gasteiger partial charge in [0.2, 0.25) is 6.36 Å². The molecule has 0 radical (unpaired) electrons. The minimum atomic E-state index is -2.41. The van der Waals surface area contributed by atoms with E-state index >= 15 is 4.39 Å². The van der Waals surface area contributed by atoms with Crippen LogP contribution >= 0.6 is 0 Å². The van der Waals surface area contributed by atoms with Gasteiger partial charge in [0.1, 0.15) is 49.8 Å². The molecule has 3 aliphatic rings. The Morgan fingerprint density at radius 1 is 0.389 bits per heavy atom. The number of rotatable bonds is 21. The zero-order valence-corrected chi connectivity index (χ0v) is 40.7. The van der Waals surface area contributed by atoms with E-state index < -0.39 is 160 Å². The molecule has 0 aromatic heterocycles. The number of ether oxygens (including phenoxy) is 15. The number of alkyl halides is 1. The summed E-state index contributed by atoms with van der Waals surface area (Å²) in [6.45, 7) is 6.07. The highest BCUT2D eigenvalue weighted by Crippen LogP contribution is 2.37. The third kappa shape index (κ3) is 16.7. The van der Waals surface area contributed by atoms with E-state index in [1.54, 1.807) is 60.7 Å². The lowest BCUT2D eigenvalue weighted by Gasteiger charge is -2.49. The SMILES string of the molecule is CC(=O)OC[C@H]1O[C@H](OC[C@H]2O[C@H](F)[C@@H](OCc3ccccc3)[C@@H](O[C@H]3O[C@H](COC(C)=O)[C@@H](OC(C)=O)[C@H](OC(C)=O)[C@@H]3OC(C)=O)[C@@H]2OCc2ccccc2)[C@@H](OC(C)=O)[C@@H](OC(C)=O)[C@@H]1OC(C)=O. The molecule has 0 aliphatic carbocycles. The van der Waals surface area contributed by atoms with E-state index in [1.807, 2.05) is 0 Å².